The molecular formula is C16H24N4O2. The summed E-state index contributed by atoms with van der Waals surface area (Å²) < 4.78 is 0. The second-order valence-corrected chi connectivity index (χ2v) is 5.78. The third-order valence-corrected chi connectivity index (χ3v) is 4.44. The van der Waals surface area contributed by atoms with Crippen molar-refractivity contribution in [3.05, 3.63) is 30.1 Å². The van der Waals surface area contributed by atoms with Crippen molar-refractivity contribution in [1.82, 2.24) is 20.1 Å². The van der Waals surface area contributed by atoms with Crippen LogP contribution in [0.1, 0.15) is 38.7 Å². The maximum atomic E-state index is 12.9. The van der Waals surface area contributed by atoms with Crippen LogP contribution in [0.15, 0.2) is 24.5 Å². The van der Waals surface area contributed by atoms with Gasteiger partial charge < -0.3 is 10.2 Å². The number of unbranched alkanes of at least 4 members (excludes halogenated alkanes) is 1. The van der Waals surface area contributed by atoms with Crippen LogP contribution in [0.3, 0.4) is 0 Å². The number of aromatic nitrogens is 1. The SMILES string of the molecule is CCCC[C@H]1N(C)C(=O)[C@](C)(c2cccnc2)N1C(=O)NC. The smallest absolute Gasteiger partial charge is 0.319 e. The molecule has 2 rings (SSSR count). The molecule has 0 saturated carbocycles. The first-order chi connectivity index (χ1) is 10.5. The Kier molecular flexibility index (Phi) is 4.68. The molecule has 1 aliphatic rings. The van der Waals surface area contributed by atoms with E-state index in [1.807, 2.05) is 6.07 Å². The first-order valence-corrected chi connectivity index (χ1v) is 7.67. The third-order valence-electron chi connectivity index (χ3n) is 4.44. The van der Waals surface area contributed by atoms with Gasteiger partial charge in [-0.15, -0.1) is 0 Å². The quantitative estimate of drug-likeness (QED) is 0.924. The second-order valence-electron chi connectivity index (χ2n) is 5.78. The highest BCUT2D eigenvalue weighted by Crippen LogP contribution is 2.40. The van der Waals surface area contributed by atoms with Crippen molar-refractivity contribution in [2.24, 2.45) is 0 Å². The fourth-order valence-electron chi connectivity index (χ4n) is 3.13. The van der Waals surface area contributed by atoms with E-state index in [1.54, 1.807) is 49.3 Å². The lowest BCUT2D eigenvalue weighted by Crippen LogP contribution is -2.52. The molecule has 6 heteroatoms. The summed E-state index contributed by atoms with van der Waals surface area (Å²) >= 11 is 0. The lowest BCUT2D eigenvalue weighted by Gasteiger charge is -2.35. The molecule has 1 fully saturated rings. The summed E-state index contributed by atoms with van der Waals surface area (Å²) in [6.45, 7) is 3.89. The number of likely N-dealkylation sites (N-methyl/N-ethyl adjacent to an activating group) is 1. The molecule has 2 atom stereocenters. The van der Waals surface area contributed by atoms with Gasteiger partial charge in [0, 0.05) is 32.1 Å². The van der Waals surface area contributed by atoms with Crippen molar-refractivity contribution in [3.8, 4) is 0 Å². The van der Waals surface area contributed by atoms with Crippen molar-refractivity contribution in [2.45, 2.75) is 44.8 Å². The molecule has 0 radical (unpaired) electrons. The van der Waals surface area contributed by atoms with Crippen LogP contribution in [-0.4, -0.2) is 47.0 Å². The standard InChI is InChI=1S/C16H24N4O2/c1-5-6-9-13-19(4)14(21)16(2,20(13)15(22)17-3)12-8-7-10-18-11-12/h7-8,10-11,13H,5-6,9H2,1-4H3,(H,17,22)/t13-,16-/m0/s1. The molecule has 0 bridgehead atoms. The fraction of sp³-hybridized carbons (Fsp3) is 0.562. The van der Waals surface area contributed by atoms with Gasteiger partial charge in [-0.05, 0) is 25.8 Å². The Morgan fingerprint density at radius 2 is 2.23 bits per heavy atom. The summed E-state index contributed by atoms with van der Waals surface area (Å²) in [6, 6.07) is 3.39. The van der Waals surface area contributed by atoms with Gasteiger partial charge in [0.15, 0.2) is 0 Å². The first kappa shape index (κ1) is 16.3. The van der Waals surface area contributed by atoms with E-state index >= 15 is 0 Å². The van der Waals surface area contributed by atoms with Crippen molar-refractivity contribution in [3.63, 3.8) is 0 Å². The van der Waals surface area contributed by atoms with E-state index in [4.69, 9.17) is 0 Å². The second kappa shape index (κ2) is 6.34. The van der Waals surface area contributed by atoms with Crippen molar-refractivity contribution >= 4 is 11.9 Å². The number of rotatable bonds is 4. The van der Waals surface area contributed by atoms with E-state index in [-0.39, 0.29) is 18.1 Å². The molecule has 6 nitrogen and oxygen atoms in total. The van der Waals surface area contributed by atoms with Gasteiger partial charge in [0.05, 0.1) is 0 Å². The van der Waals surface area contributed by atoms with Crippen LogP contribution in [0.5, 0.6) is 0 Å². The maximum Gasteiger partial charge on any atom is 0.319 e. The lowest BCUT2D eigenvalue weighted by molar-refractivity contribution is -0.132. The molecule has 0 unspecified atom stereocenters. The third kappa shape index (κ3) is 2.42. The normalized spacial score (nSPS) is 24.7. The molecule has 0 spiro atoms. The summed E-state index contributed by atoms with van der Waals surface area (Å²) in [5, 5.41) is 2.67. The molecule has 120 valence electrons. The summed E-state index contributed by atoms with van der Waals surface area (Å²) in [5.41, 5.74) is -0.295. The molecule has 0 aromatic carbocycles. The van der Waals surface area contributed by atoms with Gasteiger partial charge in [-0.2, -0.15) is 0 Å². The summed E-state index contributed by atoms with van der Waals surface area (Å²) in [7, 11) is 3.35. The van der Waals surface area contributed by atoms with Crippen LogP contribution in [0, 0.1) is 0 Å². The Hall–Kier alpha value is -2.11. The van der Waals surface area contributed by atoms with E-state index in [1.165, 1.54) is 0 Å². The van der Waals surface area contributed by atoms with E-state index in [2.05, 4.69) is 17.2 Å². The van der Waals surface area contributed by atoms with Gasteiger partial charge in [-0.1, -0.05) is 19.4 Å². The van der Waals surface area contributed by atoms with Crippen LogP contribution < -0.4 is 5.32 Å². The summed E-state index contributed by atoms with van der Waals surface area (Å²) in [4.78, 5) is 32.8. The largest absolute Gasteiger partial charge is 0.341 e. The van der Waals surface area contributed by atoms with E-state index in [0.717, 1.165) is 24.8 Å². The van der Waals surface area contributed by atoms with Crippen LogP contribution in [0.4, 0.5) is 4.79 Å². The number of amides is 3. The molecular weight excluding hydrogens is 280 g/mol. The first-order valence-electron chi connectivity index (χ1n) is 7.67. The lowest BCUT2D eigenvalue weighted by atomic mass is 9.91. The Morgan fingerprint density at radius 3 is 2.77 bits per heavy atom. The highest BCUT2D eigenvalue weighted by Gasteiger charge is 2.56. The monoisotopic (exact) mass is 304 g/mol. The average molecular weight is 304 g/mol. The Labute approximate surface area is 131 Å². The molecule has 3 amide bonds. The number of carbonyl (C=O) groups is 2. The van der Waals surface area contributed by atoms with Crippen LogP contribution >= 0.6 is 0 Å². The van der Waals surface area contributed by atoms with Crippen LogP contribution in [0.2, 0.25) is 0 Å². The van der Waals surface area contributed by atoms with Gasteiger partial charge in [0.25, 0.3) is 5.91 Å². The Balaban J connectivity index is 2.50. The van der Waals surface area contributed by atoms with Gasteiger partial charge >= 0.3 is 6.03 Å². The predicted molar refractivity (Wildman–Crippen MR) is 84.0 cm³/mol. The number of nitrogens with one attached hydrogen (secondary N) is 1. The molecule has 1 saturated heterocycles. The number of urea groups is 1. The minimum atomic E-state index is -1.03. The summed E-state index contributed by atoms with van der Waals surface area (Å²) in [6.07, 6.45) is 5.82. The number of nitrogens with zero attached hydrogens (tertiary/aromatic N) is 3. The molecule has 1 aromatic heterocycles. The van der Waals surface area contributed by atoms with Crippen molar-refractivity contribution in [1.29, 1.82) is 0 Å². The highest BCUT2D eigenvalue weighted by atomic mass is 16.2. The molecule has 22 heavy (non-hydrogen) atoms. The zero-order valence-electron chi connectivity index (χ0n) is 13.7. The maximum absolute atomic E-state index is 12.9. The molecule has 1 aromatic rings. The predicted octanol–water partition coefficient (Wildman–Crippen LogP) is 1.93. The van der Waals surface area contributed by atoms with Crippen LogP contribution in [0.25, 0.3) is 0 Å². The zero-order valence-corrected chi connectivity index (χ0v) is 13.7. The van der Waals surface area contributed by atoms with E-state index in [0.29, 0.717) is 0 Å². The average Bonchev–Trinajstić information content (AvgIpc) is 2.75. The molecule has 1 N–H and O–H groups in total. The van der Waals surface area contributed by atoms with Crippen molar-refractivity contribution in [2.75, 3.05) is 14.1 Å². The molecule has 0 aliphatic carbocycles. The minimum absolute atomic E-state index is 0.0785. The van der Waals surface area contributed by atoms with Gasteiger partial charge in [0.1, 0.15) is 11.7 Å². The number of hydrogen-bond acceptors (Lipinski definition) is 3. The zero-order chi connectivity index (χ0) is 16.3. The van der Waals surface area contributed by atoms with Crippen molar-refractivity contribution < 1.29 is 9.59 Å². The number of pyridine rings is 1. The van der Waals surface area contributed by atoms with Gasteiger partial charge in [0.2, 0.25) is 0 Å². The highest BCUT2D eigenvalue weighted by molar-refractivity contribution is 5.95. The fourth-order valence-corrected chi connectivity index (χ4v) is 3.13. The Bertz CT molecular complexity index is 548. The Morgan fingerprint density at radius 1 is 1.50 bits per heavy atom. The van der Waals surface area contributed by atoms with E-state index < -0.39 is 5.54 Å². The number of hydrogen-bond donors (Lipinski definition) is 1. The number of carbonyl (C=O) groups excluding carboxylic acids is 2. The molecule has 1 aliphatic heterocycles. The molecule has 2 heterocycles. The summed E-state index contributed by atoms with van der Waals surface area (Å²) in [5.74, 6) is -0.0785. The van der Waals surface area contributed by atoms with E-state index in [9.17, 15) is 9.59 Å². The van der Waals surface area contributed by atoms with Gasteiger partial charge in [-0.25, -0.2) is 4.79 Å². The minimum Gasteiger partial charge on any atom is -0.341 e. The van der Waals surface area contributed by atoms with Gasteiger partial charge in [-0.3, -0.25) is 14.7 Å². The topological polar surface area (TPSA) is 65.5 Å². The van der Waals surface area contributed by atoms with Crippen LogP contribution in [-0.2, 0) is 10.3 Å².